The number of aryl methyl sites for hydroxylation is 2. The normalized spacial score (nSPS) is 11.9. The Morgan fingerprint density at radius 2 is 0.909 bits per heavy atom. The highest BCUT2D eigenvalue weighted by Gasteiger charge is 2.15. The lowest BCUT2D eigenvalue weighted by Crippen LogP contribution is -1.87. The van der Waals surface area contributed by atoms with Gasteiger partial charge in [-0.15, -0.1) is 0 Å². The highest BCUT2D eigenvalue weighted by molar-refractivity contribution is 6.00. The summed E-state index contributed by atoms with van der Waals surface area (Å²) in [6.07, 6.45) is 4.21. The molecule has 0 saturated heterocycles. The van der Waals surface area contributed by atoms with Crippen LogP contribution in [0.3, 0.4) is 0 Å². The first-order chi connectivity index (χ1) is 21.5. The molecule has 0 amide bonds. The molecule has 0 spiro atoms. The van der Waals surface area contributed by atoms with Crippen LogP contribution >= 0.6 is 0 Å². The third kappa shape index (κ3) is 4.46. The summed E-state index contributed by atoms with van der Waals surface area (Å²) in [6.45, 7) is 4.22. The molecule has 4 aromatic heterocycles. The summed E-state index contributed by atoms with van der Waals surface area (Å²) in [6, 6.07) is 38.3. The van der Waals surface area contributed by atoms with E-state index in [-0.39, 0.29) is 0 Å². The quantitative estimate of drug-likeness (QED) is 0.160. The average molecular weight is 570 g/mol. The van der Waals surface area contributed by atoms with Crippen molar-refractivity contribution in [1.82, 2.24) is 19.9 Å². The molecule has 3 aromatic carbocycles. The van der Waals surface area contributed by atoms with Crippen molar-refractivity contribution in [2.45, 2.75) is 13.8 Å². The van der Waals surface area contributed by atoms with Gasteiger partial charge in [0, 0.05) is 50.0 Å². The first-order valence-corrected chi connectivity index (χ1v) is 14.8. The Hall–Kier alpha value is -5.81. The Morgan fingerprint density at radius 1 is 0.455 bits per heavy atom. The standard InChI is InChI=1S/C39H31N5/c1-23-6-10-25(11-7-23)37-31-16-14-29(41-31)30-15-17-32(42-30)38(26-12-8-24(2)9-13-26)34-19-21-36(44-34)39(35-20-18-33(37)43-35)27-4-3-5-28(40)22-27/h3-22,41,43-44H,40H2,1-2H3. The van der Waals surface area contributed by atoms with E-state index >= 15 is 0 Å². The molecule has 1 aliphatic heterocycles. The molecule has 5 heteroatoms. The maximum atomic E-state index is 6.31. The van der Waals surface area contributed by atoms with E-state index in [0.717, 1.165) is 83.6 Å². The van der Waals surface area contributed by atoms with Gasteiger partial charge in [0.25, 0.3) is 0 Å². The number of H-pyrrole nitrogens is 3. The average Bonchev–Trinajstić information content (AvgIpc) is 3.85. The molecule has 8 bridgehead atoms. The van der Waals surface area contributed by atoms with Gasteiger partial charge >= 0.3 is 0 Å². The fourth-order valence-electron chi connectivity index (χ4n) is 6.20. The summed E-state index contributed by atoms with van der Waals surface area (Å²) in [5.74, 6) is 0. The minimum Gasteiger partial charge on any atom is -0.399 e. The van der Waals surface area contributed by atoms with Crippen LogP contribution in [0, 0.1) is 13.8 Å². The van der Waals surface area contributed by atoms with E-state index in [2.05, 4.69) is 132 Å². The number of aromatic amines is 3. The van der Waals surface area contributed by atoms with Crippen LogP contribution in [-0.2, 0) is 0 Å². The molecule has 5 heterocycles. The van der Waals surface area contributed by atoms with Crippen molar-refractivity contribution in [2.24, 2.45) is 0 Å². The van der Waals surface area contributed by atoms with Crippen molar-refractivity contribution >= 4 is 50.9 Å². The predicted molar refractivity (Wildman–Crippen MR) is 185 cm³/mol. The molecule has 212 valence electrons. The molecule has 0 aliphatic carbocycles. The zero-order valence-electron chi connectivity index (χ0n) is 24.6. The summed E-state index contributed by atoms with van der Waals surface area (Å²) in [4.78, 5) is 16.4. The maximum absolute atomic E-state index is 6.31. The Labute approximate surface area is 255 Å². The highest BCUT2D eigenvalue weighted by Crippen LogP contribution is 2.36. The molecule has 7 aromatic rings. The Kier molecular flexibility index (Phi) is 5.98. The van der Waals surface area contributed by atoms with Gasteiger partial charge in [-0.05, 0) is 91.2 Å². The number of aromatic nitrogens is 4. The van der Waals surface area contributed by atoms with E-state index in [9.17, 15) is 0 Å². The van der Waals surface area contributed by atoms with Gasteiger partial charge in [0.05, 0.1) is 16.9 Å². The lowest BCUT2D eigenvalue weighted by molar-refractivity contribution is 1.32. The molecular weight excluding hydrogens is 538 g/mol. The molecule has 0 atom stereocenters. The second-order valence-electron chi connectivity index (χ2n) is 11.6. The van der Waals surface area contributed by atoms with Gasteiger partial charge in [0.1, 0.15) is 0 Å². The monoisotopic (exact) mass is 569 g/mol. The van der Waals surface area contributed by atoms with Crippen molar-refractivity contribution in [3.05, 3.63) is 132 Å². The van der Waals surface area contributed by atoms with Crippen LogP contribution < -0.4 is 5.73 Å². The van der Waals surface area contributed by atoms with Crippen LogP contribution in [-0.4, -0.2) is 19.9 Å². The third-order valence-corrected chi connectivity index (χ3v) is 8.43. The number of hydrogen-bond donors (Lipinski definition) is 4. The minimum atomic E-state index is 0.718. The zero-order valence-corrected chi connectivity index (χ0v) is 24.6. The van der Waals surface area contributed by atoms with E-state index in [4.69, 9.17) is 10.7 Å². The van der Waals surface area contributed by atoms with Crippen molar-refractivity contribution in [2.75, 3.05) is 5.73 Å². The number of fused-ring (bicyclic) bond motifs is 9. The van der Waals surface area contributed by atoms with Crippen LogP contribution in [0.1, 0.15) is 22.5 Å². The van der Waals surface area contributed by atoms with E-state index in [1.54, 1.807) is 0 Å². The largest absolute Gasteiger partial charge is 0.399 e. The molecule has 8 rings (SSSR count). The number of rotatable bonds is 3. The van der Waals surface area contributed by atoms with Crippen LogP contribution in [0.2, 0.25) is 0 Å². The minimum absolute atomic E-state index is 0.718. The number of nitrogens with two attached hydrogens (primary N) is 1. The number of hydrogen-bond acceptors (Lipinski definition) is 2. The van der Waals surface area contributed by atoms with Crippen molar-refractivity contribution in [3.63, 3.8) is 0 Å². The summed E-state index contributed by atoms with van der Waals surface area (Å²) >= 11 is 0. The molecule has 5 N–H and O–H groups in total. The Bertz CT molecular complexity index is 2350. The smallest absolute Gasteiger partial charge is 0.0872 e. The first-order valence-electron chi connectivity index (χ1n) is 14.8. The second-order valence-corrected chi connectivity index (χ2v) is 11.6. The zero-order chi connectivity index (χ0) is 29.8. The molecule has 0 unspecified atom stereocenters. The summed E-state index contributed by atoms with van der Waals surface area (Å²) in [5.41, 5.74) is 23.7. The van der Waals surface area contributed by atoms with Gasteiger partial charge in [-0.1, -0.05) is 71.8 Å². The van der Waals surface area contributed by atoms with Crippen LogP contribution in [0.4, 0.5) is 5.69 Å². The van der Waals surface area contributed by atoms with Crippen LogP contribution in [0.15, 0.2) is 109 Å². The summed E-state index contributed by atoms with van der Waals surface area (Å²) in [5, 5.41) is 0. The lowest BCUT2D eigenvalue weighted by atomic mass is 10.0. The molecule has 0 radical (unpaired) electrons. The van der Waals surface area contributed by atoms with Crippen LogP contribution in [0.25, 0.3) is 78.6 Å². The van der Waals surface area contributed by atoms with E-state index in [1.807, 2.05) is 18.2 Å². The van der Waals surface area contributed by atoms with Gasteiger partial charge in [-0.2, -0.15) is 0 Å². The molecule has 5 nitrogen and oxygen atoms in total. The van der Waals surface area contributed by atoms with Gasteiger partial charge in [-0.25, -0.2) is 4.98 Å². The number of nitrogens with one attached hydrogen (secondary N) is 3. The summed E-state index contributed by atoms with van der Waals surface area (Å²) in [7, 11) is 0. The van der Waals surface area contributed by atoms with Gasteiger partial charge in [0.2, 0.25) is 0 Å². The second kappa shape index (κ2) is 10.2. The molecule has 0 saturated carbocycles. The fourth-order valence-corrected chi connectivity index (χ4v) is 6.20. The van der Waals surface area contributed by atoms with Gasteiger partial charge in [0.15, 0.2) is 0 Å². The molecule has 44 heavy (non-hydrogen) atoms. The van der Waals surface area contributed by atoms with Crippen molar-refractivity contribution in [3.8, 4) is 33.4 Å². The van der Waals surface area contributed by atoms with Crippen molar-refractivity contribution < 1.29 is 0 Å². The van der Waals surface area contributed by atoms with Gasteiger partial charge < -0.3 is 20.7 Å². The number of anilines is 1. The van der Waals surface area contributed by atoms with Gasteiger partial charge in [-0.3, -0.25) is 0 Å². The SMILES string of the molecule is Cc1ccc(-c2c3nc(c4ccc([nH]4)c(-c4ccc(C)cc4)c4ccc([nH]4)c(-c4cccc(N)c4)c4ccc2[nH]4)C=C3)cc1. The van der Waals surface area contributed by atoms with E-state index < -0.39 is 0 Å². The topological polar surface area (TPSA) is 86.3 Å². The Morgan fingerprint density at radius 3 is 1.48 bits per heavy atom. The summed E-state index contributed by atoms with van der Waals surface area (Å²) < 4.78 is 0. The number of benzene rings is 3. The van der Waals surface area contributed by atoms with E-state index in [0.29, 0.717) is 0 Å². The fraction of sp³-hybridized carbons (Fsp3) is 0.0513. The molecule has 0 fully saturated rings. The third-order valence-electron chi connectivity index (χ3n) is 8.43. The number of nitrogen functional groups attached to an aromatic ring is 1. The predicted octanol–water partition coefficient (Wildman–Crippen LogP) is 9.90. The Balaban J connectivity index is 1.56. The maximum Gasteiger partial charge on any atom is 0.0872 e. The van der Waals surface area contributed by atoms with E-state index in [1.165, 1.54) is 11.1 Å². The number of nitrogens with zero attached hydrogens (tertiary/aromatic N) is 1. The lowest BCUT2D eigenvalue weighted by Gasteiger charge is -2.06. The van der Waals surface area contributed by atoms with Crippen LogP contribution in [0.5, 0.6) is 0 Å². The molecular formula is C39H31N5. The first kappa shape index (κ1) is 25.9. The molecule has 1 aliphatic rings. The highest BCUT2D eigenvalue weighted by atomic mass is 14.8. The van der Waals surface area contributed by atoms with Crippen molar-refractivity contribution in [1.29, 1.82) is 0 Å².